The highest BCUT2D eigenvalue weighted by molar-refractivity contribution is 5.26. The van der Waals surface area contributed by atoms with Gasteiger partial charge in [-0.05, 0) is 44.2 Å². The molecule has 0 aromatic heterocycles. The molecule has 2 saturated heterocycles. The fourth-order valence-corrected chi connectivity index (χ4v) is 3.19. The van der Waals surface area contributed by atoms with Gasteiger partial charge in [-0.2, -0.15) is 0 Å². The number of rotatable bonds is 3. The fraction of sp³-hybridized carbons (Fsp3) is 0.600. The SMILES string of the molecule is Cc1cccc(F)c1COC1CC2CCC(C1)N2. The summed E-state index contributed by atoms with van der Waals surface area (Å²) in [7, 11) is 0. The Bertz CT molecular complexity index is 402. The van der Waals surface area contributed by atoms with Crippen molar-refractivity contribution >= 4 is 0 Å². The number of benzene rings is 1. The van der Waals surface area contributed by atoms with Crippen molar-refractivity contribution in [2.45, 2.75) is 57.4 Å². The van der Waals surface area contributed by atoms with Crippen molar-refractivity contribution in [2.75, 3.05) is 0 Å². The van der Waals surface area contributed by atoms with Crippen LogP contribution in [-0.4, -0.2) is 18.2 Å². The third-order valence-corrected chi connectivity index (χ3v) is 4.25. The normalized spacial score (nSPS) is 30.7. The topological polar surface area (TPSA) is 21.3 Å². The Morgan fingerprint density at radius 3 is 2.67 bits per heavy atom. The Morgan fingerprint density at radius 1 is 1.28 bits per heavy atom. The number of ether oxygens (including phenoxy) is 1. The molecule has 3 heteroatoms. The number of halogens is 1. The highest BCUT2D eigenvalue weighted by atomic mass is 19.1. The number of fused-ring (bicyclic) bond motifs is 2. The lowest BCUT2D eigenvalue weighted by Crippen LogP contribution is -2.41. The molecule has 0 radical (unpaired) electrons. The Hall–Kier alpha value is -0.930. The van der Waals surface area contributed by atoms with E-state index in [0.29, 0.717) is 30.4 Å². The fourth-order valence-electron chi connectivity index (χ4n) is 3.19. The van der Waals surface area contributed by atoms with E-state index in [-0.39, 0.29) is 5.82 Å². The van der Waals surface area contributed by atoms with Gasteiger partial charge in [-0.3, -0.25) is 0 Å². The van der Waals surface area contributed by atoms with E-state index in [9.17, 15) is 4.39 Å². The maximum Gasteiger partial charge on any atom is 0.128 e. The van der Waals surface area contributed by atoms with Crippen molar-refractivity contribution in [3.8, 4) is 0 Å². The van der Waals surface area contributed by atoms with Crippen LogP contribution in [0.1, 0.15) is 36.8 Å². The van der Waals surface area contributed by atoms with E-state index in [2.05, 4.69) is 5.32 Å². The first-order chi connectivity index (χ1) is 8.72. The quantitative estimate of drug-likeness (QED) is 0.889. The molecular weight excluding hydrogens is 229 g/mol. The molecule has 1 aromatic carbocycles. The standard InChI is InChI=1S/C15H20FNO/c1-10-3-2-4-15(16)14(10)9-18-13-7-11-5-6-12(8-13)17-11/h2-4,11-13,17H,5-9H2,1H3. The van der Waals surface area contributed by atoms with Crippen LogP contribution in [0.15, 0.2) is 18.2 Å². The average molecular weight is 249 g/mol. The molecule has 2 fully saturated rings. The largest absolute Gasteiger partial charge is 0.373 e. The smallest absolute Gasteiger partial charge is 0.128 e. The lowest BCUT2D eigenvalue weighted by atomic mass is 10.0. The van der Waals surface area contributed by atoms with Crippen molar-refractivity contribution in [3.05, 3.63) is 35.1 Å². The first-order valence-electron chi connectivity index (χ1n) is 6.84. The van der Waals surface area contributed by atoms with Crippen molar-refractivity contribution < 1.29 is 9.13 Å². The van der Waals surface area contributed by atoms with E-state index in [0.717, 1.165) is 18.4 Å². The minimum Gasteiger partial charge on any atom is -0.373 e. The van der Waals surface area contributed by atoms with Gasteiger partial charge in [0.2, 0.25) is 0 Å². The van der Waals surface area contributed by atoms with Gasteiger partial charge in [0.15, 0.2) is 0 Å². The molecule has 0 aliphatic carbocycles. The first kappa shape index (κ1) is 12.1. The van der Waals surface area contributed by atoms with Crippen LogP contribution in [0.25, 0.3) is 0 Å². The van der Waals surface area contributed by atoms with Gasteiger partial charge in [0.05, 0.1) is 12.7 Å². The Kier molecular flexibility index (Phi) is 3.35. The van der Waals surface area contributed by atoms with E-state index in [1.807, 2.05) is 13.0 Å². The van der Waals surface area contributed by atoms with Crippen LogP contribution in [0, 0.1) is 12.7 Å². The van der Waals surface area contributed by atoms with Gasteiger partial charge < -0.3 is 10.1 Å². The molecular formula is C15H20FNO. The van der Waals surface area contributed by atoms with Gasteiger partial charge >= 0.3 is 0 Å². The van der Waals surface area contributed by atoms with Crippen molar-refractivity contribution in [2.24, 2.45) is 0 Å². The number of nitrogens with one attached hydrogen (secondary N) is 1. The second-order valence-electron chi connectivity index (χ2n) is 5.58. The number of hydrogen-bond acceptors (Lipinski definition) is 2. The minimum atomic E-state index is -0.146. The van der Waals surface area contributed by atoms with Gasteiger partial charge in [-0.1, -0.05) is 12.1 Å². The predicted octanol–water partition coefficient (Wildman–Crippen LogP) is 2.93. The molecule has 1 aromatic rings. The summed E-state index contributed by atoms with van der Waals surface area (Å²) < 4.78 is 19.6. The highest BCUT2D eigenvalue weighted by Crippen LogP contribution is 2.29. The molecule has 0 saturated carbocycles. The predicted molar refractivity (Wildman–Crippen MR) is 68.9 cm³/mol. The van der Waals surface area contributed by atoms with Crippen LogP contribution in [0.2, 0.25) is 0 Å². The zero-order valence-electron chi connectivity index (χ0n) is 10.8. The molecule has 3 rings (SSSR count). The number of hydrogen-bond donors (Lipinski definition) is 1. The molecule has 0 amide bonds. The summed E-state index contributed by atoms with van der Waals surface area (Å²) in [6.45, 7) is 2.34. The van der Waals surface area contributed by atoms with Crippen molar-refractivity contribution in [1.82, 2.24) is 5.32 Å². The lowest BCUT2D eigenvalue weighted by Gasteiger charge is -2.29. The zero-order valence-corrected chi connectivity index (χ0v) is 10.8. The number of piperidine rings is 1. The number of aryl methyl sites for hydroxylation is 1. The summed E-state index contributed by atoms with van der Waals surface area (Å²) >= 11 is 0. The molecule has 2 aliphatic rings. The molecule has 2 aliphatic heterocycles. The van der Waals surface area contributed by atoms with Crippen molar-refractivity contribution in [1.29, 1.82) is 0 Å². The Labute approximate surface area is 108 Å². The molecule has 2 nitrogen and oxygen atoms in total. The summed E-state index contributed by atoms with van der Waals surface area (Å²) in [5, 5.41) is 3.59. The van der Waals surface area contributed by atoms with E-state index in [4.69, 9.17) is 4.74 Å². The van der Waals surface area contributed by atoms with Crippen LogP contribution in [0.5, 0.6) is 0 Å². The van der Waals surface area contributed by atoms with E-state index < -0.39 is 0 Å². The van der Waals surface area contributed by atoms with Crippen LogP contribution in [-0.2, 0) is 11.3 Å². The summed E-state index contributed by atoms with van der Waals surface area (Å²) in [5.41, 5.74) is 1.69. The molecule has 1 N–H and O–H groups in total. The summed E-state index contributed by atoms with van der Waals surface area (Å²) in [4.78, 5) is 0. The van der Waals surface area contributed by atoms with Gasteiger partial charge in [0, 0.05) is 17.6 Å². The summed E-state index contributed by atoms with van der Waals surface area (Å²) in [6, 6.07) is 6.44. The van der Waals surface area contributed by atoms with E-state index >= 15 is 0 Å². The molecule has 98 valence electrons. The van der Waals surface area contributed by atoms with Gasteiger partial charge in [-0.15, -0.1) is 0 Å². The third kappa shape index (κ3) is 2.43. The second-order valence-corrected chi connectivity index (χ2v) is 5.58. The van der Waals surface area contributed by atoms with Crippen LogP contribution in [0.3, 0.4) is 0 Å². The molecule has 18 heavy (non-hydrogen) atoms. The van der Waals surface area contributed by atoms with Gasteiger partial charge in [0.25, 0.3) is 0 Å². The highest BCUT2D eigenvalue weighted by Gasteiger charge is 2.33. The zero-order chi connectivity index (χ0) is 12.5. The molecule has 2 unspecified atom stereocenters. The molecule has 2 heterocycles. The summed E-state index contributed by atoms with van der Waals surface area (Å²) in [5.74, 6) is -0.146. The van der Waals surface area contributed by atoms with Gasteiger partial charge in [-0.25, -0.2) is 4.39 Å². The van der Waals surface area contributed by atoms with Gasteiger partial charge in [0.1, 0.15) is 5.82 Å². The van der Waals surface area contributed by atoms with Crippen LogP contribution >= 0.6 is 0 Å². The average Bonchev–Trinajstić information content (AvgIpc) is 2.68. The van der Waals surface area contributed by atoms with Crippen LogP contribution < -0.4 is 5.32 Å². The second kappa shape index (κ2) is 4.98. The van der Waals surface area contributed by atoms with E-state index in [1.54, 1.807) is 6.07 Å². The summed E-state index contributed by atoms with van der Waals surface area (Å²) in [6.07, 6.45) is 4.98. The minimum absolute atomic E-state index is 0.146. The van der Waals surface area contributed by atoms with E-state index in [1.165, 1.54) is 18.9 Å². The monoisotopic (exact) mass is 249 g/mol. The first-order valence-corrected chi connectivity index (χ1v) is 6.84. The molecule has 0 spiro atoms. The Morgan fingerprint density at radius 2 is 2.00 bits per heavy atom. The lowest BCUT2D eigenvalue weighted by molar-refractivity contribution is 0.00778. The molecule has 2 bridgehead atoms. The molecule has 2 atom stereocenters. The van der Waals surface area contributed by atoms with Crippen LogP contribution in [0.4, 0.5) is 4.39 Å². The third-order valence-electron chi connectivity index (χ3n) is 4.25. The maximum absolute atomic E-state index is 13.7. The maximum atomic E-state index is 13.7. The Balaban J connectivity index is 1.61. The van der Waals surface area contributed by atoms with Crippen molar-refractivity contribution in [3.63, 3.8) is 0 Å².